The van der Waals surface area contributed by atoms with Crippen molar-refractivity contribution in [2.24, 2.45) is 35.5 Å². The molecule has 11 atom stereocenters. The summed E-state index contributed by atoms with van der Waals surface area (Å²) in [5.74, 6) is -5.13. The number of hydrogen-bond donors (Lipinski definition) is 5. The molecule has 0 radical (unpaired) electrons. The van der Waals surface area contributed by atoms with Crippen LogP contribution in [0.2, 0.25) is 5.02 Å². The number of halogens is 1. The lowest BCUT2D eigenvalue weighted by atomic mass is 9.49. The molecule has 0 aromatic heterocycles. The molecule has 1 saturated carbocycles. The molecule has 2 aliphatic carbocycles. The van der Waals surface area contributed by atoms with Gasteiger partial charge in [0.1, 0.15) is 17.7 Å². The van der Waals surface area contributed by atoms with Gasteiger partial charge in [-0.1, -0.05) is 43.7 Å². The van der Waals surface area contributed by atoms with Crippen molar-refractivity contribution in [2.45, 2.75) is 70.1 Å². The fraction of sp³-hybridized carbons (Fsp3) is 0.655. The van der Waals surface area contributed by atoms with Crippen LogP contribution in [0, 0.1) is 35.5 Å². The molecule has 1 aromatic rings. The van der Waals surface area contributed by atoms with E-state index in [9.17, 15) is 30.0 Å². The predicted octanol–water partition coefficient (Wildman–Crippen LogP) is 2.44. The number of hydroxylamine groups is 1. The predicted molar refractivity (Wildman–Crippen MR) is 146 cm³/mol. The molecule has 40 heavy (non-hydrogen) atoms. The molecule has 0 bridgehead atoms. The fourth-order valence-electron chi connectivity index (χ4n) is 8.16. The lowest BCUT2D eigenvalue weighted by Crippen LogP contribution is -2.67. The quantitative estimate of drug-likeness (QED) is 0.260. The summed E-state index contributed by atoms with van der Waals surface area (Å²) in [7, 11) is 1.62. The Balaban J connectivity index is 1.79. The Kier molecular flexibility index (Phi) is 7.51. The monoisotopic (exact) mass is 578 g/mol. The summed E-state index contributed by atoms with van der Waals surface area (Å²) in [5.41, 5.74) is -2.14. The summed E-state index contributed by atoms with van der Waals surface area (Å²) in [5, 5.41) is 50.9. The molecule has 2 fully saturated rings. The number of nitrogens with zero attached hydrogens (tertiary/aromatic N) is 1. The van der Waals surface area contributed by atoms with Crippen LogP contribution in [0.1, 0.15) is 46.1 Å². The van der Waals surface area contributed by atoms with Gasteiger partial charge in [0.25, 0.3) is 0 Å². The summed E-state index contributed by atoms with van der Waals surface area (Å²) in [6.45, 7) is 6.84. The number of fused-ring (bicyclic) bond motifs is 4. The second-order valence-corrected chi connectivity index (χ2v) is 12.5. The third kappa shape index (κ3) is 4.10. The van der Waals surface area contributed by atoms with Gasteiger partial charge in [-0.05, 0) is 49.2 Å². The molecule has 0 spiro atoms. The number of benzene rings is 1. The zero-order chi connectivity index (χ0) is 29.3. The Morgan fingerprint density at radius 2 is 1.98 bits per heavy atom. The van der Waals surface area contributed by atoms with Gasteiger partial charge in [-0.15, -0.1) is 0 Å². The molecule has 11 heteroatoms. The minimum absolute atomic E-state index is 0.0721. The summed E-state index contributed by atoms with van der Waals surface area (Å²) in [6.07, 6.45) is 1.09. The number of aliphatic carboxylic acids is 1. The van der Waals surface area contributed by atoms with E-state index in [1.54, 1.807) is 32.2 Å². The molecule has 1 saturated heterocycles. The van der Waals surface area contributed by atoms with E-state index in [-0.39, 0.29) is 24.4 Å². The van der Waals surface area contributed by atoms with Crippen molar-refractivity contribution < 1.29 is 39.6 Å². The highest BCUT2D eigenvalue weighted by Crippen LogP contribution is 2.61. The Morgan fingerprint density at radius 1 is 1.27 bits per heavy atom. The maximum Gasteiger partial charge on any atom is 0.321 e. The normalized spacial score (nSPS) is 41.3. The van der Waals surface area contributed by atoms with Crippen LogP contribution in [0.5, 0.6) is 0 Å². The third-order valence-corrected chi connectivity index (χ3v) is 10.3. The molecular formula is C29H39ClN2O8. The van der Waals surface area contributed by atoms with Crippen molar-refractivity contribution in [3.05, 3.63) is 40.4 Å². The number of nitrogens with one attached hydrogen (secondary N) is 1. The first-order valence-corrected chi connectivity index (χ1v) is 14.3. The highest BCUT2D eigenvalue weighted by Gasteiger charge is 2.71. The van der Waals surface area contributed by atoms with Crippen LogP contribution in [-0.2, 0) is 24.8 Å². The van der Waals surface area contributed by atoms with Gasteiger partial charge in [-0.2, -0.15) is 0 Å². The maximum absolute atomic E-state index is 12.9. The number of ether oxygens (including phenoxy) is 1. The minimum Gasteiger partial charge on any atom is -0.480 e. The van der Waals surface area contributed by atoms with Crippen molar-refractivity contribution in [1.29, 1.82) is 0 Å². The zero-order valence-corrected chi connectivity index (χ0v) is 24.1. The summed E-state index contributed by atoms with van der Waals surface area (Å²) < 4.78 is 5.87. The van der Waals surface area contributed by atoms with Gasteiger partial charge in [-0.3, -0.25) is 24.8 Å². The van der Waals surface area contributed by atoms with E-state index in [0.717, 1.165) is 6.42 Å². The van der Waals surface area contributed by atoms with E-state index in [1.807, 2.05) is 19.9 Å². The van der Waals surface area contributed by atoms with Crippen molar-refractivity contribution in [1.82, 2.24) is 5.32 Å². The average molecular weight is 579 g/mol. The Morgan fingerprint density at radius 3 is 2.60 bits per heavy atom. The summed E-state index contributed by atoms with van der Waals surface area (Å²) >= 11 is 6.55. The van der Waals surface area contributed by atoms with Crippen LogP contribution >= 0.6 is 11.6 Å². The summed E-state index contributed by atoms with van der Waals surface area (Å²) in [4.78, 5) is 31.3. The topological polar surface area (TPSA) is 149 Å². The number of hydrogen-bond acceptors (Lipinski definition) is 9. The Hall–Kier alpha value is -2.21. The molecule has 4 aliphatic rings. The number of anilines is 1. The van der Waals surface area contributed by atoms with Crippen LogP contribution in [-0.4, -0.2) is 70.0 Å². The van der Waals surface area contributed by atoms with E-state index >= 15 is 0 Å². The number of aliphatic hydroxyl groups excluding tert-OH is 1. The van der Waals surface area contributed by atoms with Crippen LogP contribution in [0.4, 0.5) is 5.69 Å². The molecule has 2 heterocycles. The number of carboxylic acids is 1. The molecule has 220 valence electrons. The number of aliphatic hydroxyl groups is 3. The number of carbonyl (C=O) groups is 2. The van der Waals surface area contributed by atoms with Crippen molar-refractivity contribution in [3.8, 4) is 0 Å². The molecule has 10 nitrogen and oxygen atoms in total. The Labute approximate surface area is 238 Å². The standard InChI is InChI=1S/C29H39ClN2O8/c1-13-11-19-17(14(2)12-33)10-9-15(3)28(19,37)22(25(13)39-16(4)34)21-23(26(35)36)31-27-29(21,38)18-7-6-8-20(30)24(18)32(5)40-27/h6-8,11,14-15,17,19,21-23,25,27,31,33,37-38H,9-10,12H2,1-5H3,(H,35,36)/t14?,15-,17+,19-,21+,22?,23+,25?,27-,28-,29+/m1/s1. The van der Waals surface area contributed by atoms with E-state index in [1.165, 1.54) is 12.0 Å². The minimum atomic E-state index is -1.97. The van der Waals surface area contributed by atoms with Gasteiger partial charge in [0.2, 0.25) is 0 Å². The van der Waals surface area contributed by atoms with Crippen molar-refractivity contribution >= 4 is 29.2 Å². The first-order chi connectivity index (χ1) is 18.8. The molecular weight excluding hydrogens is 540 g/mol. The Bertz CT molecular complexity index is 1230. The van der Waals surface area contributed by atoms with Crippen LogP contribution in [0.3, 0.4) is 0 Å². The smallest absolute Gasteiger partial charge is 0.321 e. The fourth-order valence-corrected chi connectivity index (χ4v) is 8.45. The molecule has 1 aromatic carbocycles. The van der Waals surface area contributed by atoms with Gasteiger partial charge in [0.15, 0.2) is 6.23 Å². The number of carbonyl (C=O) groups excluding carboxylic acids is 1. The maximum atomic E-state index is 12.9. The first-order valence-electron chi connectivity index (χ1n) is 13.9. The van der Waals surface area contributed by atoms with Gasteiger partial charge in [0, 0.05) is 43.9 Å². The second kappa shape index (κ2) is 10.3. The molecule has 0 amide bonds. The lowest BCUT2D eigenvalue weighted by molar-refractivity contribution is -0.228. The van der Waals surface area contributed by atoms with Gasteiger partial charge in [0.05, 0.1) is 16.3 Å². The van der Waals surface area contributed by atoms with Gasteiger partial charge >= 0.3 is 11.9 Å². The summed E-state index contributed by atoms with van der Waals surface area (Å²) in [6, 6.07) is 3.64. The van der Waals surface area contributed by atoms with Crippen molar-refractivity contribution in [2.75, 3.05) is 18.7 Å². The van der Waals surface area contributed by atoms with Crippen molar-refractivity contribution in [3.63, 3.8) is 0 Å². The van der Waals surface area contributed by atoms with E-state index in [0.29, 0.717) is 28.3 Å². The van der Waals surface area contributed by atoms with E-state index in [4.69, 9.17) is 21.2 Å². The largest absolute Gasteiger partial charge is 0.480 e. The van der Waals surface area contributed by atoms with Crippen LogP contribution in [0.15, 0.2) is 29.8 Å². The number of rotatable bonds is 5. The van der Waals surface area contributed by atoms with Gasteiger partial charge in [-0.25, -0.2) is 0 Å². The van der Waals surface area contributed by atoms with Crippen LogP contribution < -0.4 is 10.4 Å². The molecule has 2 aliphatic heterocycles. The molecule has 3 unspecified atom stereocenters. The van der Waals surface area contributed by atoms with Gasteiger partial charge < -0.3 is 25.2 Å². The zero-order valence-electron chi connectivity index (χ0n) is 23.4. The average Bonchev–Trinajstić information content (AvgIpc) is 3.18. The second-order valence-electron chi connectivity index (χ2n) is 12.1. The third-order valence-electron chi connectivity index (χ3n) is 10.0. The van der Waals surface area contributed by atoms with Crippen LogP contribution in [0.25, 0.3) is 0 Å². The van der Waals surface area contributed by atoms with E-state index < -0.39 is 59.3 Å². The lowest BCUT2D eigenvalue weighted by Gasteiger charge is -2.60. The highest BCUT2D eigenvalue weighted by atomic mass is 35.5. The van der Waals surface area contributed by atoms with E-state index in [2.05, 4.69) is 5.32 Å². The molecule has 5 rings (SSSR count). The number of esters is 1. The number of para-hydroxylation sites is 1. The molecule has 5 N–H and O–H groups in total. The first kappa shape index (κ1) is 29.3. The highest BCUT2D eigenvalue weighted by molar-refractivity contribution is 6.33. The number of carboxylic acid groups (broad SMARTS) is 1. The SMILES string of the molecule is CC(=O)OC1C(C)=C[C@@H]2[C@H](C(C)CO)CC[C@@H](C)[C@]2(O)C1[C@H]1[C@@H](C(=O)O)N[C@@H]2ON(C)c3c(Cl)cccc3[C@@]21O.